The Labute approximate surface area is 139 Å². The molecule has 0 radical (unpaired) electrons. The molecule has 0 aliphatic rings. The first-order valence-electron chi connectivity index (χ1n) is 6.98. The van der Waals surface area contributed by atoms with Crippen LogP contribution in [0.5, 0.6) is 0 Å². The van der Waals surface area contributed by atoms with E-state index in [2.05, 4.69) is 5.32 Å². The molecule has 2 aromatic carbocycles. The van der Waals surface area contributed by atoms with Gasteiger partial charge in [-0.25, -0.2) is 21.5 Å². The molecule has 0 aliphatic carbocycles. The normalized spacial score (nSPS) is 11.5. The topological polar surface area (TPSA) is 66.5 Å². The van der Waals surface area contributed by atoms with E-state index in [4.69, 9.17) is 0 Å². The highest BCUT2D eigenvalue weighted by Gasteiger charge is 2.22. The van der Waals surface area contributed by atoms with Gasteiger partial charge in [-0.15, -0.1) is 0 Å². The first-order chi connectivity index (χ1) is 11.2. The van der Waals surface area contributed by atoms with Crippen LogP contribution in [0.3, 0.4) is 0 Å². The van der Waals surface area contributed by atoms with E-state index < -0.39 is 33.1 Å². The minimum absolute atomic E-state index is 0.0179. The number of carbonyl (C=O) groups excluding carboxylic acids is 1. The summed E-state index contributed by atoms with van der Waals surface area (Å²) >= 11 is 0. The van der Waals surface area contributed by atoms with E-state index in [9.17, 15) is 22.0 Å². The molecule has 128 valence electrons. The molecule has 1 amide bonds. The van der Waals surface area contributed by atoms with Crippen molar-refractivity contribution in [1.29, 1.82) is 0 Å². The average Bonchev–Trinajstić information content (AvgIpc) is 2.52. The highest BCUT2D eigenvalue weighted by molar-refractivity contribution is 7.89. The van der Waals surface area contributed by atoms with Gasteiger partial charge < -0.3 is 5.32 Å². The standard InChI is InChI=1S/C16H16F2N2O3S/c1-20(2)24(22,23)14-9-4-3-6-11(14)10-19-16(21)15-12(17)7-5-8-13(15)18/h3-9H,10H2,1-2H3,(H,19,21). The lowest BCUT2D eigenvalue weighted by molar-refractivity contribution is 0.0942. The van der Waals surface area contributed by atoms with Gasteiger partial charge in [0.2, 0.25) is 10.0 Å². The maximum absolute atomic E-state index is 13.6. The van der Waals surface area contributed by atoms with Gasteiger partial charge in [-0.1, -0.05) is 24.3 Å². The van der Waals surface area contributed by atoms with E-state index in [-0.39, 0.29) is 11.4 Å². The molecular formula is C16H16F2N2O3S. The lowest BCUT2D eigenvalue weighted by atomic mass is 10.1. The number of benzene rings is 2. The molecule has 0 spiro atoms. The van der Waals surface area contributed by atoms with Gasteiger partial charge in [-0.3, -0.25) is 4.79 Å². The number of halogens is 2. The molecule has 0 atom stereocenters. The molecule has 0 saturated carbocycles. The summed E-state index contributed by atoms with van der Waals surface area (Å²) < 4.78 is 52.8. The van der Waals surface area contributed by atoms with Crippen LogP contribution in [0.2, 0.25) is 0 Å². The summed E-state index contributed by atoms with van der Waals surface area (Å²) in [5, 5.41) is 2.35. The Bertz CT molecular complexity index is 847. The molecule has 5 nitrogen and oxygen atoms in total. The molecule has 2 rings (SSSR count). The monoisotopic (exact) mass is 354 g/mol. The zero-order valence-corrected chi connectivity index (χ0v) is 13.9. The summed E-state index contributed by atoms with van der Waals surface area (Å²) in [5.41, 5.74) is -0.387. The van der Waals surface area contributed by atoms with Crippen molar-refractivity contribution in [3.05, 3.63) is 65.2 Å². The summed E-state index contributed by atoms with van der Waals surface area (Å²) in [6.07, 6.45) is 0. The number of rotatable bonds is 5. The Balaban J connectivity index is 2.27. The van der Waals surface area contributed by atoms with E-state index in [1.807, 2.05) is 0 Å². The van der Waals surface area contributed by atoms with Crippen LogP contribution in [0.4, 0.5) is 8.78 Å². The van der Waals surface area contributed by atoms with Gasteiger partial charge in [0.05, 0.1) is 4.90 Å². The molecule has 0 aliphatic heterocycles. The third kappa shape index (κ3) is 3.60. The number of nitrogens with one attached hydrogen (secondary N) is 1. The molecule has 1 N–H and O–H groups in total. The molecule has 0 aromatic heterocycles. The largest absolute Gasteiger partial charge is 0.348 e. The van der Waals surface area contributed by atoms with Crippen molar-refractivity contribution in [2.24, 2.45) is 0 Å². The second kappa shape index (κ2) is 7.06. The fraction of sp³-hybridized carbons (Fsp3) is 0.188. The summed E-state index contributed by atoms with van der Waals surface area (Å²) in [4.78, 5) is 12.0. The number of sulfonamides is 1. The van der Waals surface area contributed by atoms with Crippen molar-refractivity contribution in [3.63, 3.8) is 0 Å². The minimum Gasteiger partial charge on any atom is -0.348 e. The highest BCUT2D eigenvalue weighted by atomic mass is 32.2. The Kier molecular flexibility index (Phi) is 5.30. The molecule has 0 heterocycles. The van der Waals surface area contributed by atoms with E-state index in [1.165, 1.54) is 26.2 Å². The molecule has 8 heteroatoms. The van der Waals surface area contributed by atoms with Crippen LogP contribution >= 0.6 is 0 Å². The number of nitrogens with zero attached hydrogens (tertiary/aromatic N) is 1. The van der Waals surface area contributed by atoms with E-state index in [0.717, 1.165) is 22.5 Å². The number of hydrogen-bond acceptors (Lipinski definition) is 3. The summed E-state index contributed by atoms with van der Waals surface area (Å²) in [7, 11) is -0.926. The molecule has 2 aromatic rings. The number of amides is 1. The Morgan fingerprint density at radius 1 is 1.04 bits per heavy atom. The molecular weight excluding hydrogens is 338 g/mol. The van der Waals surface area contributed by atoms with Crippen LogP contribution in [-0.4, -0.2) is 32.7 Å². The van der Waals surface area contributed by atoms with Gasteiger partial charge in [0.1, 0.15) is 17.2 Å². The molecule has 0 unspecified atom stereocenters. The van der Waals surface area contributed by atoms with Gasteiger partial charge >= 0.3 is 0 Å². The number of carbonyl (C=O) groups is 1. The Morgan fingerprint density at radius 2 is 1.62 bits per heavy atom. The third-order valence-corrected chi connectivity index (χ3v) is 5.28. The second-order valence-corrected chi connectivity index (χ2v) is 7.29. The Hall–Kier alpha value is -2.32. The SMILES string of the molecule is CN(C)S(=O)(=O)c1ccccc1CNC(=O)c1c(F)cccc1F. The molecule has 0 bridgehead atoms. The Morgan fingerprint density at radius 3 is 2.21 bits per heavy atom. The van der Waals surface area contributed by atoms with Crippen LogP contribution in [0.15, 0.2) is 47.4 Å². The molecule has 0 saturated heterocycles. The van der Waals surface area contributed by atoms with Gasteiger partial charge in [-0.2, -0.15) is 0 Å². The molecule has 24 heavy (non-hydrogen) atoms. The second-order valence-electron chi connectivity index (χ2n) is 5.17. The van der Waals surface area contributed by atoms with Crippen LogP contribution < -0.4 is 5.32 Å². The zero-order chi connectivity index (χ0) is 17.9. The van der Waals surface area contributed by atoms with Crippen molar-refractivity contribution in [2.75, 3.05) is 14.1 Å². The van der Waals surface area contributed by atoms with E-state index >= 15 is 0 Å². The highest BCUT2D eigenvalue weighted by Crippen LogP contribution is 2.19. The van der Waals surface area contributed by atoms with Crippen LogP contribution in [0.25, 0.3) is 0 Å². The van der Waals surface area contributed by atoms with Crippen molar-refractivity contribution >= 4 is 15.9 Å². The van der Waals surface area contributed by atoms with Crippen LogP contribution in [0.1, 0.15) is 15.9 Å². The van der Waals surface area contributed by atoms with Crippen molar-refractivity contribution in [3.8, 4) is 0 Å². The summed E-state index contributed by atoms with van der Waals surface area (Å²) in [6.45, 7) is -0.185. The van der Waals surface area contributed by atoms with E-state index in [1.54, 1.807) is 12.1 Å². The first-order valence-corrected chi connectivity index (χ1v) is 8.42. The average molecular weight is 354 g/mol. The van der Waals surface area contributed by atoms with Crippen molar-refractivity contribution in [1.82, 2.24) is 9.62 Å². The number of hydrogen-bond donors (Lipinski definition) is 1. The van der Waals surface area contributed by atoms with Crippen molar-refractivity contribution < 1.29 is 22.0 Å². The third-order valence-electron chi connectivity index (χ3n) is 3.36. The summed E-state index contributed by atoms with van der Waals surface area (Å²) in [6, 6.07) is 9.19. The van der Waals surface area contributed by atoms with E-state index in [0.29, 0.717) is 5.56 Å². The quantitative estimate of drug-likeness (QED) is 0.895. The maximum Gasteiger partial charge on any atom is 0.257 e. The first kappa shape index (κ1) is 18.0. The predicted molar refractivity (Wildman–Crippen MR) is 84.8 cm³/mol. The van der Waals surface area contributed by atoms with Gasteiger partial charge in [-0.05, 0) is 23.8 Å². The van der Waals surface area contributed by atoms with Gasteiger partial charge in [0, 0.05) is 20.6 Å². The predicted octanol–water partition coefficient (Wildman–Crippen LogP) is 2.15. The maximum atomic E-state index is 13.6. The lowest BCUT2D eigenvalue weighted by Crippen LogP contribution is -2.28. The zero-order valence-electron chi connectivity index (χ0n) is 13.1. The fourth-order valence-electron chi connectivity index (χ4n) is 2.08. The van der Waals surface area contributed by atoms with Gasteiger partial charge in [0.25, 0.3) is 5.91 Å². The van der Waals surface area contributed by atoms with Crippen molar-refractivity contribution in [2.45, 2.75) is 11.4 Å². The van der Waals surface area contributed by atoms with Crippen LogP contribution in [0, 0.1) is 11.6 Å². The van der Waals surface area contributed by atoms with Gasteiger partial charge in [0.15, 0.2) is 0 Å². The smallest absolute Gasteiger partial charge is 0.257 e. The fourth-order valence-corrected chi connectivity index (χ4v) is 3.19. The van der Waals surface area contributed by atoms with Crippen LogP contribution in [-0.2, 0) is 16.6 Å². The molecule has 0 fully saturated rings. The lowest BCUT2D eigenvalue weighted by Gasteiger charge is -2.15. The minimum atomic E-state index is -3.70. The summed E-state index contributed by atoms with van der Waals surface area (Å²) in [5.74, 6) is -2.92.